The lowest BCUT2D eigenvalue weighted by atomic mass is 10.1. The molecule has 0 spiro atoms. The van der Waals surface area contributed by atoms with Gasteiger partial charge in [0.2, 0.25) is 5.91 Å². The van der Waals surface area contributed by atoms with Crippen LogP contribution in [-0.4, -0.2) is 35.5 Å². The van der Waals surface area contributed by atoms with Crippen LogP contribution >= 0.6 is 11.8 Å². The topological polar surface area (TPSA) is 88.3 Å². The van der Waals surface area contributed by atoms with Crippen LogP contribution in [0.25, 0.3) is 10.9 Å². The number of benzene rings is 2. The SMILES string of the molecule is CSc1ccc(C(=O)COC(=O)CCc2c[nH]c3ccccc23)cc1NC(C)=O. The predicted molar refractivity (Wildman–Crippen MR) is 114 cm³/mol. The minimum atomic E-state index is -0.425. The van der Waals surface area contributed by atoms with E-state index < -0.39 is 5.97 Å². The molecule has 3 rings (SSSR count). The summed E-state index contributed by atoms with van der Waals surface area (Å²) in [5, 5.41) is 3.79. The average Bonchev–Trinajstić information content (AvgIpc) is 3.13. The summed E-state index contributed by atoms with van der Waals surface area (Å²) < 4.78 is 5.15. The van der Waals surface area contributed by atoms with Crippen LogP contribution in [-0.2, 0) is 20.7 Å². The lowest BCUT2D eigenvalue weighted by Gasteiger charge is -2.10. The molecule has 150 valence electrons. The number of hydrogen-bond donors (Lipinski definition) is 2. The molecule has 3 aromatic rings. The molecule has 29 heavy (non-hydrogen) atoms. The van der Waals surface area contributed by atoms with Crippen molar-refractivity contribution >= 4 is 46.0 Å². The molecule has 0 fully saturated rings. The number of aryl methyl sites for hydroxylation is 1. The molecule has 0 radical (unpaired) electrons. The largest absolute Gasteiger partial charge is 0.457 e. The van der Waals surface area contributed by atoms with Gasteiger partial charge in [-0.3, -0.25) is 14.4 Å². The molecule has 2 N–H and O–H groups in total. The summed E-state index contributed by atoms with van der Waals surface area (Å²) in [5.74, 6) is -0.954. The molecule has 1 aromatic heterocycles. The Kier molecular flexibility index (Phi) is 6.72. The Bertz CT molecular complexity index is 1060. The first-order valence-electron chi connectivity index (χ1n) is 9.17. The molecule has 1 heterocycles. The number of thioether (sulfide) groups is 1. The molecule has 0 aliphatic rings. The number of hydrogen-bond acceptors (Lipinski definition) is 5. The highest BCUT2D eigenvalue weighted by Crippen LogP contribution is 2.27. The molecule has 0 aliphatic heterocycles. The van der Waals surface area contributed by atoms with Gasteiger partial charge in [0.15, 0.2) is 12.4 Å². The van der Waals surface area contributed by atoms with Gasteiger partial charge in [-0.1, -0.05) is 24.3 Å². The third-order valence-corrected chi connectivity index (χ3v) is 5.27. The fraction of sp³-hybridized carbons (Fsp3) is 0.227. The number of fused-ring (bicyclic) bond motifs is 1. The first-order chi connectivity index (χ1) is 14.0. The molecule has 0 aliphatic carbocycles. The van der Waals surface area contributed by atoms with Crippen LogP contribution in [0.5, 0.6) is 0 Å². The lowest BCUT2D eigenvalue weighted by molar-refractivity contribution is -0.142. The molecular formula is C22H22N2O4S. The number of amides is 1. The minimum Gasteiger partial charge on any atom is -0.457 e. The number of esters is 1. The highest BCUT2D eigenvalue weighted by molar-refractivity contribution is 7.98. The predicted octanol–water partition coefficient (Wildman–Crippen LogP) is 4.21. The zero-order valence-electron chi connectivity index (χ0n) is 16.3. The second-order valence-corrected chi connectivity index (χ2v) is 7.39. The molecule has 7 heteroatoms. The van der Waals surface area contributed by atoms with E-state index in [0.717, 1.165) is 21.4 Å². The van der Waals surface area contributed by atoms with Crippen LogP contribution < -0.4 is 5.32 Å². The molecule has 0 bridgehead atoms. The van der Waals surface area contributed by atoms with Crippen LogP contribution in [0.2, 0.25) is 0 Å². The number of carbonyl (C=O) groups is 3. The van der Waals surface area contributed by atoms with Crippen molar-refractivity contribution in [1.29, 1.82) is 0 Å². The number of H-pyrrole nitrogens is 1. The van der Waals surface area contributed by atoms with Crippen molar-refractivity contribution in [3.05, 3.63) is 59.8 Å². The van der Waals surface area contributed by atoms with Gasteiger partial charge >= 0.3 is 5.97 Å². The van der Waals surface area contributed by atoms with E-state index in [2.05, 4.69) is 10.3 Å². The molecule has 0 unspecified atom stereocenters. The molecule has 2 aromatic carbocycles. The lowest BCUT2D eigenvalue weighted by Crippen LogP contribution is -2.15. The fourth-order valence-electron chi connectivity index (χ4n) is 3.05. The highest BCUT2D eigenvalue weighted by atomic mass is 32.2. The Balaban J connectivity index is 1.56. The highest BCUT2D eigenvalue weighted by Gasteiger charge is 2.14. The van der Waals surface area contributed by atoms with Crippen molar-refractivity contribution in [3.63, 3.8) is 0 Å². The number of rotatable bonds is 8. The van der Waals surface area contributed by atoms with Gasteiger partial charge in [0.1, 0.15) is 0 Å². The van der Waals surface area contributed by atoms with Gasteiger partial charge in [-0.05, 0) is 36.4 Å². The molecule has 0 atom stereocenters. The van der Waals surface area contributed by atoms with E-state index in [4.69, 9.17) is 4.74 Å². The van der Waals surface area contributed by atoms with E-state index in [9.17, 15) is 14.4 Å². The number of anilines is 1. The maximum absolute atomic E-state index is 12.4. The number of ketones is 1. The van der Waals surface area contributed by atoms with E-state index >= 15 is 0 Å². The van der Waals surface area contributed by atoms with Gasteiger partial charge in [-0.25, -0.2) is 0 Å². The Morgan fingerprint density at radius 2 is 1.93 bits per heavy atom. The van der Waals surface area contributed by atoms with Gasteiger partial charge in [0.25, 0.3) is 0 Å². The third kappa shape index (κ3) is 5.26. The number of para-hydroxylation sites is 1. The average molecular weight is 410 g/mol. The second-order valence-electron chi connectivity index (χ2n) is 6.54. The Hall–Kier alpha value is -3.06. The van der Waals surface area contributed by atoms with Crippen LogP contribution in [0.15, 0.2) is 53.6 Å². The normalized spacial score (nSPS) is 10.7. The summed E-state index contributed by atoms with van der Waals surface area (Å²) in [6.07, 6.45) is 4.50. The maximum atomic E-state index is 12.4. The molecule has 0 saturated heterocycles. The minimum absolute atomic E-state index is 0.192. The Morgan fingerprint density at radius 3 is 2.69 bits per heavy atom. The quantitative estimate of drug-likeness (QED) is 0.330. The summed E-state index contributed by atoms with van der Waals surface area (Å²) in [5.41, 5.74) is 3.02. The van der Waals surface area contributed by atoms with Crippen molar-refractivity contribution in [2.24, 2.45) is 0 Å². The van der Waals surface area contributed by atoms with Gasteiger partial charge in [-0.2, -0.15) is 0 Å². The van der Waals surface area contributed by atoms with Gasteiger partial charge in [-0.15, -0.1) is 11.8 Å². The first-order valence-corrected chi connectivity index (χ1v) is 10.4. The fourth-order valence-corrected chi connectivity index (χ4v) is 3.58. The Morgan fingerprint density at radius 1 is 1.14 bits per heavy atom. The first kappa shape index (κ1) is 20.7. The van der Waals surface area contributed by atoms with Crippen LogP contribution in [0.4, 0.5) is 5.69 Å². The third-order valence-electron chi connectivity index (χ3n) is 4.47. The van der Waals surface area contributed by atoms with E-state index in [1.54, 1.807) is 18.2 Å². The second kappa shape index (κ2) is 9.43. The summed E-state index contributed by atoms with van der Waals surface area (Å²) in [6.45, 7) is 1.08. The summed E-state index contributed by atoms with van der Waals surface area (Å²) >= 11 is 1.47. The number of ether oxygens (including phenoxy) is 1. The molecule has 6 nitrogen and oxygen atoms in total. The van der Waals surface area contributed by atoms with Crippen LogP contribution in [0.1, 0.15) is 29.3 Å². The maximum Gasteiger partial charge on any atom is 0.306 e. The van der Waals surface area contributed by atoms with E-state index in [1.807, 2.05) is 36.7 Å². The number of Topliss-reactive ketones (excluding diaryl/α,β-unsaturated/α-hetero) is 1. The zero-order chi connectivity index (χ0) is 20.8. The van der Waals surface area contributed by atoms with Gasteiger partial charge in [0, 0.05) is 40.9 Å². The number of carbonyl (C=O) groups excluding carboxylic acids is 3. The van der Waals surface area contributed by atoms with E-state index in [0.29, 0.717) is 17.7 Å². The summed E-state index contributed by atoms with van der Waals surface area (Å²) in [4.78, 5) is 39.9. The summed E-state index contributed by atoms with van der Waals surface area (Å²) in [7, 11) is 0. The standard InChI is InChI=1S/C22H22N2O4S/c1-14(25)24-19-11-15(7-9-21(19)29-2)20(26)13-28-22(27)10-8-16-12-23-18-6-4-3-5-17(16)18/h3-7,9,11-12,23H,8,10,13H2,1-2H3,(H,24,25). The van der Waals surface area contributed by atoms with Crippen molar-refractivity contribution < 1.29 is 19.1 Å². The Labute approximate surface area is 173 Å². The van der Waals surface area contributed by atoms with Gasteiger partial charge < -0.3 is 15.0 Å². The van der Waals surface area contributed by atoms with Crippen LogP contribution in [0, 0.1) is 0 Å². The van der Waals surface area contributed by atoms with Crippen LogP contribution in [0.3, 0.4) is 0 Å². The van der Waals surface area contributed by atoms with E-state index in [-0.39, 0.29) is 24.7 Å². The number of aromatic nitrogens is 1. The van der Waals surface area contributed by atoms with Crippen molar-refractivity contribution in [2.75, 3.05) is 18.2 Å². The number of aromatic amines is 1. The number of nitrogens with one attached hydrogen (secondary N) is 2. The molecule has 0 saturated carbocycles. The zero-order valence-corrected chi connectivity index (χ0v) is 17.1. The van der Waals surface area contributed by atoms with Gasteiger partial charge in [0.05, 0.1) is 5.69 Å². The van der Waals surface area contributed by atoms with Crippen molar-refractivity contribution in [3.8, 4) is 0 Å². The van der Waals surface area contributed by atoms with Crippen molar-refractivity contribution in [1.82, 2.24) is 4.98 Å². The molecule has 1 amide bonds. The monoisotopic (exact) mass is 410 g/mol. The van der Waals surface area contributed by atoms with Crippen molar-refractivity contribution in [2.45, 2.75) is 24.7 Å². The summed E-state index contributed by atoms with van der Waals surface area (Å²) in [6, 6.07) is 12.9. The smallest absolute Gasteiger partial charge is 0.306 e. The van der Waals surface area contributed by atoms with E-state index in [1.165, 1.54) is 18.7 Å². The molecular weight excluding hydrogens is 388 g/mol.